The van der Waals surface area contributed by atoms with Crippen LogP contribution in [0.25, 0.3) is 0 Å². The van der Waals surface area contributed by atoms with Crippen LogP contribution >= 0.6 is 9.21 Å². The van der Waals surface area contributed by atoms with Crippen molar-refractivity contribution in [2.75, 3.05) is 48.8 Å². The maximum Gasteiger partial charge on any atom is 0.161 e. The van der Waals surface area contributed by atoms with Crippen LogP contribution in [0.1, 0.15) is 63.7 Å². The van der Waals surface area contributed by atoms with Gasteiger partial charge in [0.05, 0.1) is 15.4 Å². The van der Waals surface area contributed by atoms with Crippen molar-refractivity contribution < 1.29 is 13.4 Å². The summed E-state index contributed by atoms with van der Waals surface area (Å²) in [6, 6.07) is 10.9. The number of halogens is 1. The van der Waals surface area contributed by atoms with Crippen LogP contribution in [0.2, 0.25) is 0 Å². The smallest absolute Gasteiger partial charge is 0.161 e. The molecule has 1 N–H and O–H groups in total. The zero-order valence-electron chi connectivity index (χ0n) is 23.9. The first-order chi connectivity index (χ1) is 17.8. The lowest BCUT2D eigenvalue weighted by atomic mass is 10.1. The van der Waals surface area contributed by atoms with Gasteiger partial charge in [0.25, 0.3) is 0 Å². The molecule has 2 aromatic rings. The first kappa shape index (κ1) is 31.9. The van der Waals surface area contributed by atoms with Crippen LogP contribution in [0.4, 0.5) is 15.8 Å². The number of carbonyl (C=O) groups is 1. The van der Waals surface area contributed by atoms with Crippen LogP contribution in [0, 0.1) is 5.82 Å². The molecule has 3 rings (SSSR count). The maximum absolute atomic E-state index is 14.2. The number of carbonyl (C=O) groups excluding carboxylic acids is 1. The van der Waals surface area contributed by atoms with Gasteiger partial charge in [0.1, 0.15) is 5.82 Å². The second kappa shape index (κ2) is 14.2. The van der Waals surface area contributed by atoms with Gasteiger partial charge in [-0.1, -0.05) is 32.5 Å². The first-order valence-corrected chi connectivity index (χ1v) is 17.5. The van der Waals surface area contributed by atoms with Crippen molar-refractivity contribution in [3.05, 3.63) is 47.8 Å². The average Bonchev–Trinajstić information content (AvgIpc) is 3.38. The lowest BCUT2D eigenvalue weighted by molar-refractivity contribution is 0.101. The third-order valence-electron chi connectivity index (χ3n) is 6.37. The molecule has 1 fully saturated rings. The molecule has 0 radical (unpaired) electrons. The minimum atomic E-state index is -2.53. The van der Waals surface area contributed by atoms with Gasteiger partial charge in [-0.05, 0) is 86.0 Å². The number of Topliss-reactive ketones (excluding diaryl/α,β-unsaturated/α-hetero) is 1. The summed E-state index contributed by atoms with van der Waals surface area (Å²) in [7, 11) is -3.88. The summed E-state index contributed by atoms with van der Waals surface area (Å²) >= 11 is 0. The molecular weight excluding hydrogens is 517 g/mol. The molecule has 0 saturated carbocycles. The van der Waals surface area contributed by atoms with Crippen molar-refractivity contribution in [2.24, 2.45) is 0 Å². The molecule has 212 valence electrons. The zero-order chi connectivity index (χ0) is 28.5. The molecule has 0 spiro atoms. The van der Waals surface area contributed by atoms with E-state index >= 15 is 0 Å². The van der Waals surface area contributed by atoms with E-state index in [1.165, 1.54) is 0 Å². The predicted octanol–water partition coefficient (Wildman–Crippen LogP) is 6.20. The van der Waals surface area contributed by atoms with Crippen molar-refractivity contribution in [3.63, 3.8) is 0 Å². The molecule has 0 bridgehead atoms. The third kappa shape index (κ3) is 8.61. The number of rotatable bonds is 11. The highest BCUT2D eigenvalue weighted by atomic mass is 32.2. The Balaban J connectivity index is 0.000000269. The summed E-state index contributed by atoms with van der Waals surface area (Å²) in [5.74, 6) is 11.6. The Morgan fingerprint density at radius 1 is 1.00 bits per heavy atom. The monoisotopic (exact) mass is 563 g/mol. The van der Waals surface area contributed by atoms with Crippen molar-refractivity contribution in [1.82, 2.24) is 4.72 Å². The second-order valence-corrected chi connectivity index (χ2v) is 15.1. The van der Waals surface area contributed by atoms with Gasteiger partial charge in [-0.25, -0.2) is 13.3 Å². The summed E-state index contributed by atoms with van der Waals surface area (Å²) in [5.41, 5.74) is 2.29. The van der Waals surface area contributed by atoms with Gasteiger partial charge in [-0.15, -0.1) is 0 Å². The van der Waals surface area contributed by atoms with E-state index in [-0.39, 0.29) is 11.6 Å². The molecular formula is C30H46FN3O2S2. The van der Waals surface area contributed by atoms with Crippen molar-refractivity contribution in [2.45, 2.75) is 63.2 Å². The summed E-state index contributed by atoms with van der Waals surface area (Å²) < 4.78 is 29.5. The van der Waals surface area contributed by atoms with Gasteiger partial charge in [0.2, 0.25) is 0 Å². The van der Waals surface area contributed by atoms with Crippen LogP contribution in [0.3, 0.4) is 0 Å². The van der Waals surface area contributed by atoms with Gasteiger partial charge in [0, 0.05) is 48.9 Å². The lowest BCUT2D eigenvalue weighted by Gasteiger charge is -2.25. The molecule has 8 heteroatoms. The highest BCUT2D eigenvalue weighted by Gasteiger charge is 2.19. The molecule has 2 aromatic carbocycles. The molecule has 1 aliphatic heterocycles. The molecule has 0 amide bonds. The Morgan fingerprint density at radius 2 is 1.58 bits per heavy atom. The Bertz CT molecular complexity index is 1290. The zero-order valence-corrected chi connectivity index (χ0v) is 25.5. The van der Waals surface area contributed by atoms with Gasteiger partial charge >= 0.3 is 0 Å². The Morgan fingerprint density at radius 3 is 2.05 bits per heavy atom. The first-order valence-electron chi connectivity index (χ1n) is 13.4. The predicted molar refractivity (Wildman–Crippen MR) is 170 cm³/mol. The number of hydrogen-bond donors (Lipinski definition) is 1. The van der Waals surface area contributed by atoms with E-state index in [2.05, 4.69) is 46.0 Å². The summed E-state index contributed by atoms with van der Waals surface area (Å²) in [6.45, 7) is 12.0. The van der Waals surface area contributed by atoms with E-state index in [1.54, 1.807) is 19.1 Å². The van der Waals surface area contributed by atoms with Crippen molar-refractivity contribution in [1.29, 1.82) is 0 Å². The Labute approximate surface area is 231 Å². The number of nitrogens with zero attached hydrogens (tertiary/aromatic N) is 2. The highest BCUT2D eigenvalue weighted by molar-refractivity contribution is 8.27. The fraction of sp³-hybridized carbons (Fsp3) is 0.467. The number of ketones is 1. The Kier molecular flexibility index (Phi) is 11.9. The molecule has 1 atom stereocenters. The Hall–Kier alpha value is -2.29. The highest BCUT2D eigenvalue weighted by Crippen LogP contribution is 2.32. The van der Waals surface area contributed by atoms with Gasteiger partial charge in [-0.3, -0.25) is 4.79 Å². The van der Waals surface area contributed by atoms with Gasteiger partial charge in [-0.2, -0.15) is 9.21 Å². The maximum atomic E-state index is 14.2. The van der Waals surface area contributed by atoms with E-state index in [4.69, 9.17) is 0 Å². The molecule has 0 aliphatic carbocycles. The standard InChI is InChI=1S/C15H24FNS.C15H22N2O2S/c1-6-10-17(11-7-2)15-9-8-13(12-14(15)16)18(3,4)5;1-4-16-20(3,19)13-7-8-15(14(11-13)12(2)18)17-9-5-6-10-17/h8-9,12H,3-4,6-7,10-11H2,1-2,5H3;7-8,11H,3-6,9-10H2,1-2H3,(H,16,19). The van der Waals surface area contributed by atoms with Gasteiger partial charge in [0.15, 0.2) is 5.78 Å². The molecule has 1 unspecified atom stereocenters. The van der Waals surface area contributed by atoms with E-state index in [9.17, 15) is 13.4 Å². The minimum absolute atomic E-state index is 0.000415. The van der Waals surface area contributed by atoms with Crippen LogP contribution in [-0.4, -0.2) is 66.6 Å². The van der Waals surface area contributed by atoms with Crippen LogP contribution < -0.4 is 14.5 Å². The van der Waals surface area contributed by atoms with E-state index in [0.29, 0.717) is 22.7 Å². The molecule has 38 heavy (non-hydrogen) atoms. The minimum Gasteiger partial charge on any atom is -0.371 e. The van der Waals surface area contributed by atoms with Gasteiger partial charge < -0.3 is 9.80 Å². The normalized spacial score (nSPS) is 14.9. The van der Waals surface area contributed by atoms with E-state index in [0.717, 1.165) is 62.4 Å². The van der Waals surface area contributed by atoms with Crippen molar-refractivity contribution in [3.8, 4) is 0 Å². The second-order valence-electron chi connectivity index (χ2n) is 9.98. The molecule has 0 aromatic heterocycles. The molecule has 1 aliphatic rings. The van der Waals surface area contributed by atoms with Crippen LogP contribution in [-0.2, 0) is 9.71 Å². The molecule has 5 nitrogen and oxygen atoms in total. The topological polar surface area (TPSA) is 52.7 Å². The quantitative estimate of drug-likeness (QED) is 0.261. The number of benzene rings is 2. The van der Waals surface area contributed by atoms with Crippen LogP contribution in [0.5, 0.6) is 0 Å². The SMILES string of the molecule is C=S(=C)(C)c1ccc(N(CCC)CCC)c(F)c1.C=S(=O)(NCC)c1ccc(N2CCCC2)c(C(C)=O)c1. The number of anilines is 2. The molecule has 1 heterocycles. The summed E-state index contributed by atoms with van der Waals surface area (Å²) in [4.78, 5) is 17.7. The average molecular weight is 564 g/mol. The number of nitrogens with one attached hydrogen (secondary N) is 1. The van der Waals surface area contributed by atoms with E-state index < -0.39 is 18.9 Å². The summed E-state index contributed by atoms with van der Waals surface area (Å²) in [6.07, 6.45) is 6.33. The number of hydrogen-bond acceptors (Lipinski definition) is 4. The summed E-state index contributed by atoms with van der Waals surface area (Å²) in [5, 5.41) is 0. The van der Waals surface area contributed by atoms with Crippen LogP contribution in [0.15, 0.2) is 46.2 Å². The van der Waals surface area contributed by atoms with Crippen molar-refractivity contribution >= 4 is 53.7 Å². The fourth-order valence-corrected chi connectivity index (χ4v) is 6.51. The lowest BCUT2D eigenvalue weighted by Crippen LogP contribution is -2.25. The molecule has 1 saturated heterocycles. The fourth-order valence-electron chi connectivity index (χ4n) is 4.50. The third-order valence-corrected chi connectivity index (χ3v) is 9.53. The largest absolute Gasteiger partial charge is 0.371 e. The van der Waals surface area contributed by atoms with E-state index in [1.807, 2.05) is 37.4 Å².